The highest BCUT2D eigenvalue weighted by Gasteiger charge is 2.24. The molecule has 1 aliphatic heterocycles. The maximum atomic E-state index is 12.9. The minimum Gasteiger partial charge on any atom is -0.376 e. The van der Waals surface area contributed by atoms with E-state index in [0.717, 1.165) is 31.6 Å². The second kappa shape index (κ2) is 10.7. The van der Waals surface area contributed by atoms with Crippen molar-refractivity contribution in [3.8, 4) is 0 Å². The van der Waals surface area contributed by atoms with Gasteiger partial charge in [-0.3, -0.25) is 14.6 Å². The minimum absolute atomic E-state index is 0.0125. The second-order valence-electron chi connectivity index (χ2n) is 7.26. The van der Waals surface area contributed by atoms with Crippen LogP contribution in [0.3, 0.4) is 0 Å². The van der Waals surface area contributed by atoms with E-state index < -0.39 is 0 Å². The number of nitrogens with zero attached hydrogens (tertiary/aromatic N) is 3. The lowest BCUT2D eigenvalue weighted by atomic mass is 10.1. The molecule has 2 heterocycles. The van der Waals surface area contributed by atoms with Crippen molar-refractivity contribution in [2.45, 2.75) is 38.7 Å². The molecule has 0 spiro atoms. The summed E-state index contributed by atoms with van der Waals surface area (Å²) in [6.45, 7) is 3.91. The van der Waals surface area contributed by atoms with Crippen LogP contribution in [-0.2, 0) is 16.0 Å². The summed E-state index contributed by atoms with van der Waals surface area (Å²) in [5, 5.41) is 2.93. The molecule has 7 heteroatoms. The zero-order chi connectivity index (χ0) is 20.5. The molecule has 1 aromatic carbocycles. The van der Waals surface area contributed by atoms with Gasteiger partial charge in [-0.1, -0.05) is 30.3 Å². The average Bonchev–Trinajstić information content (AvgIpc) is 3.25. The fraction of sp³-hybridized carbons (Fsp3) is 0.455. The molecule has 7 nitrogen and oxygen atoms in total. The third kappa shape index (κ3) is 6.64. The van der Waals surface area contributed by atoms with E-state index in [0.29, 0.717) is 19.6 Å². The number of aromatic nitrogens is 2. The number of hydrogen-bond donors (Lipinski definition) is 1. The van der Waals surface area contributed by atoms with E-state index in [4.69, 9.17) is 4.74 Å². The molecule has 1 atom stereocenters. The molecule has 1 aromatic heterocycles. The van der Waals surface area contributed by atoms with Crippen LogP contribution in [0.2, 0.25) is 0 Å². The van der Waals surface area contributed by atoms with Crippen molar-refractivity contribution in [1.82, 2.24) is 20.2 Å². The first kappa shape index (κ1) is 20.9. The summed E-state index contributed by atoms with van der Waals surface area (Å²) in [7, 11) is 0. The van der Waals surface area contributed by atoms with Gasteiger partial charge in [-0.2, -0.15) is 0 Å². The third-order valence-corrected chi connectivity index (χ3v) is 4.92. The molecular weight excluding hydrogens is 368 g/mol. The SMILES string of the molecule is Cc1cnc(C(=O)N(CCC(=O)NCCc2ccccc2)CC2CCCO2)cn1. The van der Waals surface area contributed by atoms with Crippen molar-refractivity contribution in [2.75, 3.05) is 26.2 Å². The molecule has 154 valence electrons. The van der Waals surface area contributed by atoms with E-state index in [1.807, 2.05) is 37.3 Å². The second-order valence-corrected chi connectivity index (χ2v) is 7.26. The maximum absolute atomic E-state index is 12.9. The molecule has 2 aromatic rings. The molecule has 1 unspecified atom stereocenters. The van der Waals surface area contributed by atoms with Crippen molar-refractivity contribution >= 4 is 11.8 Å². The van der Waals surface area contributed by atoms with Crippen LogP contribution in [0, 0.1) is 6.92 Å². The molecule has 1 fully saturated rings. The lowest BCUT2D eigenvalue weighted by Crippen LogP contribution is -2.40. The van der Waals surface area contributed by atoms with Gasteiger partial charge >= 0.3 is 0 Å². The summed E-state index contributed by atoms with van der Waals surface area (Å²) < 4.78 is 5.68. The van der Waals surface area contributed by atoms with Crippen LogP contribution in [0.4, 0.5) is 0 Å². The van der Waals surface area contributed by atoms with Gasteiger partial charge in [0, 0.05) is 38.9 Å². The summed E-state index contributed by atoms with van der Waals surface area (Å²) in [6, 6.07) is 10.0. The molecule has 0 saturated carbocycles. The van der Waals surface area contributed by atoms with Crippen molar-refractivity contribution in [1.29, 1.82) is 0 Å². The largest absolute Gasteiger partial charge is 0.376 e. The Bertz CT molecular complexity index is 789. The van der Waals surface area contributed by atoms with Gasteiger partial charge in [0.2, 0.25) is 5.91 Å². The third-order valence-electron chi connectivity index (χ3n) is 4.92. The molecule has 0 radical (unpaired) electrons. The smallest absolute Gasteiger partial charge is 0.274 e. The Balaban J connectivity index is 1.52. The lowest BCUT2D eigenvalue weighted by Gasteiger charge is -2.25. The summed E-state index contributed by atoms with van der Waals surface area (Å²) in [5.74, 6) is -0.286. The molecule has 0 bridgehead atoms. The first-order valence-corrected chi connectivity index (χ1v) is 10.1. The molecular formula is C22H28N4O3. The Morgan fingerprint density at radius 1 is 1.21 bits per heavy atom. The van der Waals surface area contributed by atoms with Gasteiger partial charge in [0.15, 0.2) is 0 Å². The molecule has 1 N–H and O–H groups in total. The highest BCUT2D eigenvalue weighted by atomic mass is 16.5. The number of rotatable bonds is 9. The number of amides is 2. The van der Waals surface area contributed by atoms with Crippen molar-refractivity contribution in [3.63, 3.8) is 0 Å². The predicted molar refractivity (Wildman–Crippen MR) is 109 cm³/mol. The highest BCUT2D eigenvalue weighted by Crippen LogP contribution is 2.15. The van der Waals surface area contributed by atoms with Gasteiger partial charge in [0.25, 0.3) is 5.91 Å². The average molecular weight is 396 g/mol. The van der Waals surface area contributed by atoms with E-state index in [-0.39, 0.29) is 30.0 Å². The number of carbonyl (C=O) groups excluding carboxylic acids is 2. The Hall–Kier alpha value is -2.80. The molecule has 0 aliphatic carbocycles. The van der Waals surface area contributed by atoms with E-state index in [1.165, 1.54) is 11.8 Å². The van der Waals surface area contributed by atoms with Gasteiger partial charge in [0.1, 0.15) is 5.69 Å². The van der Waals surface area contributed by atoms with Crippen molar-refractivity contribution in [3.05, 3.63) is 59.7 Å². The predicted octanol–water partition coefficient (Wildman–Crippen LogP) is 2.16. The van der Waals surface area contributed by atoms with Crippen LogP contribution in [-0.4, -0.2) is 59.0 Å². The first-order chi connectivity index (χ1) is 14.1. The molecule has 1 saturated heterocycles. The van der Waals surface area contributed by atoms with Crippen LogP contribution >= 0.6 is 0 Å². The molecule has 1 aliphatic rings. The maximum Gasteiger partial charge on any atom is 0.274 e. The number of hydrogen-bond acceptors (Lipinski definition) is 5. The van der Waals surface area contributed by atoms with Gasteiger partial charge in [-0.05, 0) is 31.7 Å². The van der Waals surface area contributed by atoms with E-state index in [9.17, 15) is 9.59 Å². The van der Waals surface area contributed by atoms with E-state index in [2.05, 4.69) is 15.3 Å². The number of nitrogens with one attached hydrogen (secondary N) is 1. The monoisotopic (exact) mass is 396 g/mol. The van der Waals surface area contributed by atoms with Crippen LogP contribution in [0.15, 0.2) is 42.7 Å². The minimum atomic E-state index is -0.218. The van der Waals surface area contributed by atoms with Gasteiger partial charge in [-0.25, -0.2) is 4.98 Å². The lowest BCUT2D eigenvalue weighted by molar-refractivity contribution is -0.121. The molecule has 2 amide bonds. The van der Waals surface area contributed by atoms with Crippen LogP contribution in [0.25, 0.3) is 0 Å². The summed E-state index contributed by atoms with van der Waals surface area (Å²) in [6.07, 6.45) is 6.02. The number of ether oxygens (including phenoxy) is 1. The van der Waals surface area contributed by atoms with Gasteiger partial charge in [0.05, 0.1) is 18.0 Å². The van der Waals surface area contributed by atoms with Gasteiger partial charge < -0.3 is 15.0 Å². The summed E-state index contributed by atoms with van der Waals surface area (Å²) in [5.41, 5.74) is 2.23. The van der Waals surface area contributed by atoms with Crippen LogP contribution < -0.4 is 5.32 Å². The Morgan fingerprint density at radius 2 is 2.03 bits per heavy atom. The summed E-state index contributed by atoms with van der Waals surface area (Å²) >= 11 is 0. The Kier molecular flexibility index (Phi) is 7.69. The fourth-order valence-corrected chi connectivity index (χ4v) is 3.29. The number of carbonyl (C=O) groups is 2. The van der Waals surface area contributed by atoms with E-state index in [1.54, 1.807) is 11.1 Å². The first-order valence-electron chi connectivity index (χ1n) is 10.1. The Labute approximate surface area is 171 Å². The van der Waals surface area contributed by atoms with Crippen LogP contribution in [0.1, 0.15) is 41.0 Å². The number of aryl methyl sites for hydroxylation is 1. The van der Waals surface area contributed by atoms with Crippen molar-refractivity contribution < 1.29 is 14.3 Å². The number of benzene rings is 1. The Morgan fingerprint density at radius 3 is 2.72 bits per heavy atom. The van der Waals surface area contributed by atoms with Gasteiger partial charge in [-0.15, -0.1) is 0 Å². The quantitative estimate of drug-likeness (QED) is 0.702. The fourth-order valence-electron chi connectivity index (χ4n) is 3.29. The topological polar surface area (TPSA) is 84.4 Å². The van der Waals surface area contributed by atoms with E-state index >= 15 is 0 Å². The summed E-state index contributed by atoms with van der Waals surface area (Å²) in [4.78, 5) is 35.2. The molecule has 3 rings (SSSR count). The highest BCUT2D eigenvalue weighted by molar-refractivity contribution is 5.92. The zero-order valence-electron chi connectivity index (χ0n) is 16.8. The molecule has 29 heavy (non-hydrogen) atoms. The normalized spacial score (nSPS) is 15.8. The van der Waals surface area contributed by atoms with Crippen molar-refractivity contribution in [2.24, 2.45) is 0 Å². The van der Waals surface area contributed by atoms with Crippen LogP contribution in [0.5, 0.6) is 0 Å². The standard InChI is InChI=1S/C22H28N4O3/c1-17-14-25-20(15-24-17)22(28)26(16-19-8-5-13-29-19)12-10-21(27)23-11-9-18-6-3-2-4-7-18/h2-4,6-7,14-15,19H,5,8-13,16H2,1H3,(H,23,27). The zero-order valence-corrected chi connectivity index (χ0v) is 16.8.